The van der Waals surface area contributed by atoms with Crippen LogP contribution in [0.3, 0.4) is 0 Å². The number of piperidine rings is 1. The Kier molecular flexibility index (Phi) is 4.47. The Morgan fingerprint density at radius 2 is 2.11 bits per heavy atom. The van der Waals surface area contributed by atoms with Crippen molar-refractivity contribution in [3.63, 3.8) is 0 Å². The van der Waals surface area contributed by atoms with Crippen molar-refractivity contribution in [2.45, 2.75) is 19.4 Å². The fraction of sp³-hybridized carbons (Fsp3) is 0.692. The zero-order valence-electron chi connectivity index (χ0n) is 11.8. The van der Waals surface area contributed by atoms with Crippen LogP contribution in [0.2, 0.25) is 5.15 Å². The Hall–Kier alpha value is -1.07. The zero-order chi connectivity index (χ0) is 14.0. The van der Waals surface area contributed by atoms with Gasteiger partial charge in [0.2, 0.25) is 5.91 Å². The van der Waals surface area contributed by atoms with E-state index in [4.69, 9.17) is 11.6 Å². The SMILES string of the molecule is CN(C)C(=O)C1CCN(Cc2ncc(Cl)n2C)CC1. The van der Waals surface area contributed by atoms with E-state index in [0.717, 1.165) is 38.3 Å². The first-order chi connectivity index (χ1) is 8.99. The van der Waals surface area contributed by atoms with Gasteiger partial charge in [-0.2, -0.15) is 0 Å². The molecule has 2 rings (SSSR count). The molecule has 1 aliphatic heterocycles. The Bertz CT molecular complexity index is 449. The average Bonchev–Trinajstić information content (AvgIpc) is 2.71. The molecule has 1 aliphatic rings. The van der Waals surface area contributed by atoms with E-state index in [1.807, 2.05) is 25.7 Å². The first-order valence-corrected chi connectivity index (χ1v) is 6.96. The summed E-state index contributed by atoms with van der Waals surface area (Å²) in [4.78, 5) is 20.2. The molecule has 19 heavy (non-hydrogen) atoms. The van der Waals surface area contributed by atoms with Gasteiger partial charge in [-0.1, -0.05) is 11.6 Å². The Morgan fingerprint density at radius 1 is 1.47 bits per heavy atom. The quantitative estimate of drug-likeness (QED) is 0.842. The minimum Gasteiger partial charge on any atom is -0.349 e. The molecule has 2 heterocycles. The summed E-state index contributed by atoms with van der Waals surface area (Å²) in [6.45, 7) is 2.68. The molecule has 0 unspecified atom stereocenters. The van der Waals surface area contributed by atoms with Gasteiger partial charge in [0, 0.05) is 27.1 Å². The Morgan fingerprint density at radius 3 is 2.58 bits per heavy atom. The van der Waals surface area contributed by atoms with Crippen LogP contribution in [0.15, 0.2) is 6.20 Å². The predicted octanol–water partition coefficient (Wildman–Crippen LogP) is 1.37. The molecule has 1 aromatic heterocycles. The summed E-state index contributed by atoms with van der Waals surface area (Å²) in [6, 6.07) is 0. The van der Waals surface area contributed by atoms with Gasteiger partial charge in [0.15, 0.2) is 0 Å². The lowest BCUT2D eigenvalue weighted by Crippen LogP contribution is -2.40. The molecular formula is C13H21ClN4O. The summed E-state index contributed by atoms with van der Waals surface area (Å²) in [7, 11) is 5.57. The maximum absolute atomic E-state index is 11.9. The summed E-state index contributed by atoms with van der Waals surface area (Å²) < 4.78 is 1.90. The number of hydrogen-bond donors (Lipinski definition) is 0. The summed E-state index contributed by atoms with van der Waals surface area (Å²) in [5.74, 6) is 1.40. The van der Waals surface area contributed by atoms with Crippen LogP contribution in [0.4, 0.5) is 0 Å². The standard InChI is InChI=1S/C13H21ClN4O/c1-16(2)13(19)10-4-6-18(7-5-10)9-12-15-8-11(14)17(12)3/h8,10H,4-7,9H2,1-3H3. The number of amides is 1. The lowest BCUT2D eigenvalue weighted by molar-refractivity contribution is -0.134. The Labute approximate surface area is 119 Å². The minimum absolute atomic E-state index is 0.177. The van der Waals surface area contributed by atoms with Gasteiger partial charge >= 0.3 is 0 Å². The van der Waals surface area contributed by atoms with Crippen molar-refractivity contribution >= 4 is 17.5 Å². The van der Waals surface area contributed by atoms with Crippen LogP contribution in [-0.2, 0) is 18.4 Å². The van der Waals surface area contributed by atoms with Gasteiger partial charge in [0.05, 0.1) is 12.7 Å². The van der Waals surface area contributed by atoms with Crippen molar-refractivity contribution in [1.29, 1.82) is 0 Å². The molecule has 0 spiro atoms. The van der Waals surface area contributed by atoms with Crippen molar-refractivity contribution in [2.75, 3.05) is 27.2 Å². The second-order valence-corrected chi connectivity index (χ2v) is 5.73. The number of nitrogens with zero attached hydrogens (tertiary/aromatic N) is 4. The fourth-order valence-corrected chi connectivity index (χ4v) is 2.62. The molecule has 6 heteroatoms. The van der Waals surface area contributed by atoms with Crippen molar-refractivity contribution in [2.24, 2.45) is 13.0 Å². The first-order valence-electron chi connectivity index (χ1n) is 6.58. The number of aromatic nitrogens is 2. The second-order valence-electron chi connectivity index (χ2n) is 5.34. The molecule has 1 fully saturated rings. The van der Waals surface area contributed by atoms with Crippen LogP contribution in [-0.4, -0.2) is 52.4 Å². The van der Waals surface area contributed by atoms with Crippen LogP contribution in [0.1, 0.15) is 18.7 Å². The van der Waals surface area contributed by atoms with Gasteiger partial charge in [-0.25, -0.2) is 4.98 Å². The average molecular weight is 285 g/mol. The molecule has 0 bridgehead atoms. The monoisotopic (exact) mass is 284 g/mol. The molecule has 1 aromatic rings. The van der Waals surface area contributed by atoms with Gasteiger partial charge in [-0.05, 0) is 25.9 Å². The fourth-order valence-electron chi connectivity index (χ4n) is 2.47. The molecule has 0 aromatic carbocycles. The van der Waals surface area contributed by atoms with Crippen molar-refractivity contribution in [3.05, 3.63) is 17.2 Å². The van der Waals surface area contributed by atoms with Crippen LogP contribution >= 0.6 is 11.6 Å². The van der Waals surface area contributed by atoms with Crippen LogP contribution in [0.5, 0.6) is 0 Å². The van der Waals surface area contributed by atoms with E-state index >= 15 is 0 Å². The summed E-state index contributed by atoms with van der Waals surface area (Å²) >= 11 is 5.98. The number of halogens is 1. The molecule has 0 radical (unpaired) electrons. The van der Waals surface area contributed by atoms with E-state index in [-0.39, 0.29) is 11.8 Å². The van der Waals surface area contributed by atoms with Crippen molar-refractivity contribution in [1.82, 2.24) is 19.4 Å². The van der Waals surface area contributed by atoms with Gasteiger partial charge < -0.3 is 9.47 Å². The van der Waals surface area contributed by atoms with E-state index in [1.54, 1.807) is 11.1 Å². The number of rotatable bonds is 3. The van der Waals surface area contributed by atoms with Crippen LogP contribution in [0.25, 0.3) is 0 Å². The number of carbonyl (C=O) groups is 1. The van der Waals surface area contributed by atoms with Crippen molar-refractivity contribution in [3.8, 4) is 0 Å². The third-order valence-electron chi connectivity index (χ3n) is 3.77. The number of likely N-dealkylation sites (tertiary alicyclic amines) is 1. The number of imidazole rings is 1. The smallest absolute Gasteiger partial charge is 0.225 e. The van der Waals surface area contributed by atoms with E-state index in [9.17, 15) is 4.79 Å². The highest BCUT2D eigenvalue weighted by Crippen LogP contribution is 2.20. The van der Waals surface area contributed by atoms with Gasteiger partial charge in [0.1, 0.15) is 11.0 Å². The Balaban J connectivity index is 1.87. The molecule has 106 valence electrons. The van der Waals surface area contributed by atoms with E-state index in [1.165, 1.54) is 0 Å². The molecule has 0 saturated carbocycles. The molecule has 0 atom stereocenters. The van der Waals surface area contributed by atoms with Gasteiger partial charge in [0.25, 0.3) is 0 Å². The molecule has 0 aliphatic carbocycles. The van der Waals surface area contributed by atoms with Crippen molar-refractivity contribution < 1.29 is 4.79 Å². The van der Waals surface area contributed by atoms with Gasteiger partial charge in [-0.15, -0.1) is 0 Å². The highest BCUT2D eigenvalue weighted by atomic mass is 35.5. The summed E-state index contributed by atoms with van der Waals surface area (Å²) in [5.41, 5.74) is 0. The number of carbonyl (C=O) groups excluding carboxylic acids is 1. The molecular weight excluding hydrogens is 264 g/mol. The maximum atomic E-state index is 11.9. The molecule has 0 N–H and O–H groups in total. The highest BCUT2D eigenvalue weighted by molar-refractivity contribution is 6.29. The lowest BCUT2D eigenvalue weighted by atomic mass is 9.95. The second kappa shape index (κ2) is 5.92. The molecule has 1 amide bonds. The largest absolute Gasteiger partial charge is 0.349 e. The lowest BCUT2D eigenvalue weighted by Gasteiger charge is -2.32. The molecule has 1 saturated heterocycles. The van der Waals surface area contributed by atoms with E-state index in [0.29, 0.717) is 5.15 Å². The van der Waals surface area contributed by atoms with E-state index < -0.39 is 0 Å². The van der Waals surface area contributed by atoms with E-state index in [2.05, 4.69) is 9.88 Å². The van der Waals surface area contributed by atoms with Gasteiger partial charge in [-0.3, -0.25) is 9.69 Å². The normalized spacial score (nSPS) is 17.7. The highest BCUT2D eigenvalue weighted by Gasteiger charge is 2.26. The van der Waals surface area contributed by atoms with Crippen LogP contribution < -0.4 is 0 Å². The predicted molar refractivity (Wildman–Crippen MR) is 74.9 cm³/mol. The number of hydrogen-bond acceptors (Lipinski definition) is 3. The maximum Gasteiger partial charge on any atom is 0.225 e. The summed E-state index contributed by atoms with van der Waals surface area (Å²) in [6.07, 6.45) is 3.53. The first kappa shape index (κ1) is 14.3. The third-order valence-corrected chi connectivity index (χ3v) is 4.12. The zero-order valence-corrected chi connectivity index (χ0v) is 12.5. The topological polar surface area (TPSA) is 41.4 Å². The molecule has 5 nitrogen and oxygen atoms in total. The summed E-state index contributed by atoms with van der Waals surface area (Å²) in [5, 5.41) is 0.660. The third kappa shape index (κ3) is 3.28. The van der Waals surface area contributed by atoms with Crippen LogP contribution in [0, 0.1) is 5.92 Å². The minimum atomic E-state index is 0.177.